The van der Waals surface area contributed by atoms with Crippen molar-refractivity contribution in [1.82, 2.24) is 0 Å². The molecule has 0 radical (unpaired) electrons. The van der Waals surface area contributed by atoms with E-state index in [-0.39, 0.29) is 16.0 Å². The Labute approximate surface area is 146 Å². The number of alkyl halides is 9. The minimum absolute atomic E-state index is 0.0494. The maximum Gasteiger partial charge on any atom is 0.457 e. The van der Waals surface area contributed by atoms with Crippen molar-refractivity contribution in [3.8, 4) is 10.4 Å². The first-order valence-electron chi connectivity index (χ1n) is 7.00. The summed E-state index contributed by atoms with van der Waals surface area (Å²) < 4.78 is 121. The minimum Gasteiger partial charge on any atom is -0.221 e. The van der Waals surface area contributed by atoms with Gasteiger partial charge in [0.25, 0.3) is 0 Å². The quantitative estimate of drug-likeness (QED) is 0.484. The highest BCUT2D eigenvalue weighted by Crippen LogP contribution is 2.60. The molecule has 26 heavy (non-hydrogen) atoms. The maximum atomic E-state index is 14.9. The average Bonchev–Trinajstić information content (AvgIpc) is 2.96. The Balaban J connectivity index is 2.97. The fourth-order valence-electron chi connectivity index (χ4n) is 2.68. The van der Waals surface area contributed by atoms with E-state index in [9.17, 15) is 39.5 Å². The molecule has 0 spiro atoms. The van der Waals surface area contributed by atoms with Crippen LogP contribution in [0.1, 0.15) is 16.7 Å². The molecule has 2 rings (SSSR count). The Morgan fingerprint density at radius 3 is 1.81 bits per heavy atom. The highest BCUT2D eigenvalue weighted by molar-refractivity contribution is 7.13. The van der Waals surface area contributed by atoms with Crippen LogP contribution < -0.4 is 0 Å². The third-order valence-corrected chi connectivity index (χ3v) is 4.69. The first kappa shape index (κ1) is 20.6. The van der Waals surface area contributed by atoms with Gasteiger partial charge in [0.2, 0.25) is 0 Å². The van der Waals surface area contributed by atoms with Gasteiger partial charge >= 0.3 is 23.9 Å². The summed E-state index contributed by atoms with van der Waals surface area (Å²) >= 11 is 0.795. The first-order chi connectivity index (χ1) is 11.6. The van der Waals surface area contributed by atoms with E-state index in [1.807, 2.05) is 0 Å². The third-order valence-electron chi connectivity index (χ3n) is 3.80. The van der Waals surface area contributed by atoms with Crippen LogP contribution in [0.4, 0.5) is 39.5 Å². The van der Waals surface area contributed by atoms with Gasteiger partial charge in [-0.05, 0) is 30.9 Å². The molecular formula is C16H11F9S. The second-order valence-corrected chi connectivity index (χ2v) is 6.66. The molecule has 1 aromatic heterocycles. The highest BCUT2D eigenvalue weighted by atomic mass is 32.1. The van der Waals surface area contributed by atoms with Gasteiger partial charge in [0.15, 0.2) is 0 Å². The predicted molar refractivity (Wildman–Crippen MR) is 79.1 cm³/mol. The molecule has 1 heterocycles. The first-order valence-corrected chi connectivity index (χ1v) is 7.88. The zero-order valence-electron chi connectivity index (χ0n) is 13.2. The van der Waals surface area contributed by atoms with Gasteiger partial charge in [-0.25, -0.2) is 4.39 Å². The molecule has 0 amide bonds. The molecule has 0 aliphatic heterocycles. The van der Waals surface area contributed by atoms with Crippen LogP contribution in [0.15, 0.2) is 29.6 Å². The fraction of sp³-hybridized carbons (Fsp3) is 0.375. The van der Waals surface area contributed by atoms with Crippen molar-refractivity contribution in [2.24, 2.45) is 0 Å². The Kier molecular flexibility index (Phi) is 4.89. The molecule has 1 aromatic carbocycles. The molecule has 0 saturated heterocycles. The van der Waals surface area contributed by atoms with Crippen LogP contribution in [0.5, 0.6) is 0 Å². The van der Waals surface area contributed by atoms with Gasteiger partial charge in [-0.3, -0.25) is 0 Å². The topological polar surface area (TPSA) is 0 Å². The van der Waals surface area contributed by atoms with Gasteiger partial charge in [0, 0.05) is 16.0 Å². The van der Waals surface area contributed by atoms with Crippen LogP contribution in [0, 0.1) is 13.8 Å². The number of rotatable bonds is 3. The number of aryl methyl sites for hydroxylation is 2. The normalized spacial score (nSPS) is 15.8. The lowest BCUT2D eigenvalue weighted by molar-refractivity contribution is -0.389. The van der Waals surface area contributed by atoms with Crippen LogP contribution in [-0.2, 0) is 5.67 Å². The number of benzene rings is 1. The molecule has 0 bridgehead atoms. The molecule has 0 saturated carbocycles. The molecule has 1 atom stereocenters. The molecule has 0 N–H and O–H groups in total. The Hall–Kier alpha value is -1.71. The molecular weight excluding hydrogens is 395 g/mol. The van der Waals surface area contributed by atoms with Gasteiger partial charge < -0.3 is 0 Å². The van der Waals surface area contributed by atoms with Crippen molar-refractivity contribution >= 4 is 11.3 Å². The molecule has 2 aromatic rings. The van der Waals surface area contributed by atoms with E-state index < -0.39 is 35.1 Å². The maximum absolute atomic E-state index is 14.9. The van der Waals surface area contributed by atoms with Crippen molar-refractivity contribution in [2.75, 3.05) is 0 Å². The summed E-state index contributed by atoms with van der Waals surface area (Å²) in [6.07, 6.45) is -13.3. The Morgan fingerprint density at radius 2 is 1.38 bits per heavy atom. The zero-order valence-corrected chi connectivity index (χ0v) is 14.0. The predicted octanol–water partition coefficient (Wildman–Crippen LogP) is 6.96. The van der Waals surface area contributed by atoms with Crippen molar-refractivity contribution < 1.29 is 39.5 Å². The lowest BCUT2D eigenvalue weighted by Gasteiger charge is -2.37. The van der Waals surface area contributed by atoms with Gasteiger partial charge in [0.05, 0.1) is 0 Å². The van der Waals surface area contributed by atoms with E-state index in [4.69, 9.17) is 0 Å². The highest BCUT2D eigenvalue weighted by Gasteiger charge is 2.82. The standard InChI is InChI=1S/C16H11F9S/c1-8-6-9(2)12(11-4-3-5-26-11)10(7-8)13(17,15(20,21)22)14(18,19)16(23,24)25/h3-7H,1-2H3. The number of hydrogen-bond donors (Lipinski definition) is 0. The van der Waals surface area contributed by atoms with E-state index in [2.05, 4.69) is 0 Å². The third kappa shape index (κ3) is 2.97. The lowest BCUT2D eigenvalue weighted by atomic mass is 9.81. The van der Waals surface area contributed by atoms with Crippen LogP contribution in [0.25, 0.3) is 10.4 Å². The fourth-order valence-corrected chi connectivity index (χ4v) is 3.53. The van der Waals surface area contributed by atoms with E-state index in [0.29, 0.717) is 6.07 Å². The summed E-state index contributed by atoms with van der Waals surface area (Å²) in [5.41, 5.74) is -8.47. The monoisotopic (exact) mass is 406 g/mol. The largest absolute Gasteiger partial charge is 0.457 e. The smallest absolute Gasteiger partial charge is 0.221 e. The van der Waals surface area contributed by atoms with Crippen molar-refractivity contribution in [1.29, 1.82) is 0 Å². The van der Waals surface area contributed by atoms with Crippen molar-refractivity contribution in [3.05, 3.63) is 46.3 Å². The molecule has 144 valence electrons. The zero-order chi connectivity index (χ0) is 20.1. The Bertz CT molecular complexity index is 787. The molecule has 0 aliphatic carbocycles. The molecule has 0 aliphatic rings. The van der Waals surface area contributed by atoms with Crippen LogP contribution in [0.2, 0.25) is 0 Å². The van der Waals surface area contributed by atoms with E-state index >= 15 is 0 Å². The van der Waals surface area contributed by atoms with Crippen molar-refractivity contribution in [3.63, 3.8) is 0 Å². The SMILES string of the molecule is Cc1cc(C)c(-c2cccs2)c(C(F)(C(F)(F)F)C(F)(F)C(F)(F)F)c1. The molecule has 0 nitrogen and oxygen atoms in total. The number of halogens is 9. The molecule has 10 heteroatoms. The summed E-state index contributed by atoms with van der Waals surface area (Å²) in [6.45, 7) is 2.39. The van der Waals surface area contributed by atoms with Crippen LogP contribution in [-0.4, -0.2) is 18.3 Å². The van der Waals surface area contributed by atoms with Crippen molar-refractivity contribution in [2.45, 2.75) is 37.8 Å². The summed E-state index contributed by atoms with van der Waals surface area (Å²) in [5, 5.41) is 1.38. The van der Waals surface area contributed by atoms with E-state index in [0.717, 1.165) is 11.3 Å². The van der Waals surface area contributed by atoms with Gasteiger partial charge in [-0.2, -0.15) is 35.1 Å². The summed E-state index contributed by atoms with van der Waals surface area (Å²) in [7, 11) is 0. The number of thiophene rings is 1. The van der Waals surface area contributed by atoms with Gasteiger partial charge in [-0.1, -0.05) is 23.8 Å². The van der Waals surface area contributed by atoms with Crippen LogP contribution >= 0.6 is 11.3 Å². The molecule has 1 unspecified atom stereocenters. The average molecular weight is 406 g/mol. The van der Waals surface area contributed by atoms with Gasteiger partial charge in [0.1, 0.15) is 0 Å². The lowest BCUT2D eigenvalue weighted by Crippen LogP contribution is -2.60. The number of hydrogen-bond acceptors (Lipinski definition) is 1. The van der Waals surface area contributed by atoms with E-state index in [1.165, 1.54) is 37.4 Å². The second-order valence-electron chi connectivity index (χ2n) is 5.71. The summed E-state index contributed by atoms with van der Waals surface area (Å²) in [6, 6.07) is 4.24. The molecule has 0 fully saturated rings. The Morgan fingerprint density at radius 1 is 0.808 bits per heavy atom. The van der Waals surface area contributed by atoms with Gasteiger partial charge in [-0.15, -0.1) is 11.3 Å². The van der Waals surface area contributed by atoms with E-state index in [1.54, 1.807) is 0 Å². The van der Waals surface area contributed by atoms with Crippen LogP contribution in [0.3, 0.4) is 0 Å². The summed E-state index contributed by atoms with van der Waals surface area (Å²) in [5.74, 6) is -6.69. The second kappa shape index (κ2) is 6.17. The summed E-state index contributed by atoms with van der Waals surface area (Å²) in [4.78, 5) is -0.0539. The minimum atomic E-state index is -6.75.